The van der Waals surface area contributed by atoms with Gasteiger partial charge in [0.1, 0.15) is 23.5 Å². The van der Waals surface area contributed by atoms with E-state index in [2.05, 4.69) is 30.7 Å². The van der Waals surface area contributed by atoms with Crippen molar-refractivity contribution in [3.8, 4) is 33.2 Å². The van der Waals surface area contributed by atoms with Crippen molar-refractivity contribution in [3.63, 3.8) is 0 Å². The van der Waals surface area contributed by atoms with Crippen molar-refractivity contribution in [2.45, 2.75) is 96.7 Å². The first-order chi connectivity index (χ1) is 33.6. The average Bonchev–Trinajstić information content (AvgIpc) is 3.96. The number of para-hydroxylation sites is 1. The summed E-state index contributed by atoms with van der Waals surface area (Å²) < 4.78 is 12.3. The number of anilines is 1. The van der Waals surface area contributed by atoms with Crippen molar-refractivity contribution in [1.29, 1.82) is 0 Å². The third kappa shape index (κ3) is 12.3. The number of rotatable bonds is 17. The summed E-state index contributed by atoms with van der Waals surface area (Å²) in [6, 6.07) is 22.1. The van der Waals surface area contributed by atoms with Crippen molar-refractivity contribution < 1.29 is 38.9 Å². The van der Waals surface area contributed by atoms with E-state index in [4.69, 9.17) is 15.2 Å². The van der Waals surface area contributed by atoms with Crippen molar-refractivity contribution in [2.75, 3.05) is 51.6 Å². The molecule has 3 saturated heterocycles. The summed E-state index contributed by atoms with van der Waals surface area (Å²) in [5, 5.41) is 34.8. The van der Waals surface area contributed by atoms with Crippen molar-refractivity contribution in [2.24, 2.45) is 5.41 Å². The van der Waals surface area contributed by atoms with Crippen LogP contribution in [0.4, 0.5) is 5.82 Å². The summed E-state index contributed by atoms with van der Waals surface area (Å²) in [5.41, 5.74) is 12.7. The van der Waals surface area contributed by atoms with Gasteiger partial charge in [0.25, 0.3) is 5.91 Å². The minimum absolute atomic E-state index is 0.0100. The molecule has 0 spiro atoms. The molecule has 17 nitrogen and oxygen atoms in total. The molecule has 3 atom stereocenters. The molecule has 3 fully saturated rings. The maximum absolute atomic E-state index is 14.1. The van der Waals surface area contributed by atoms with Gasteiger partial charge in [0.05, 0.1) is 41.0 Å². The largest absolute Gasteiger partial charge is 0.507 e. The van der Waals surface area contributed by atoms with Gasteiger partial charge in [0.2, 0.25) is 17.7 Å². The summed E-state index contributed by atoms with van der Waals surface area (Å²) in [4.78, 5) is 65.2. The Morgan fingerprint density at radius 1 is 0.929 bits per heavy atom. The monoisotopic (exact) mass is 973 g/mol. The maximum atomic E-state index is 14.1. The zero-order chi connectivity index (χ0) is 49.5. The summed E-state index contributed by atoms with van der Waals surface area (Å²) in [5.74, 6) is -0.422. The van der Waals surface area contributed by atoms with Crippen LogP contribution in [-0.2, 0) is 32.1 Å². The molecule has 0 aliphatic carbocycles. The zero-order valence-electron chi connectivity index (χ0n) is 40.2. The number of carbonyl (C=O) groups is 4. The summed E-state index contributed by atoms with van der Waals surface area (Å²) in [6.45, 7) is 11.3. The fourth-order valence-electron chi connectivity index (χ4n) is 9.10. The molecule has 6 N–H and O–H groups in total. The molecule has 5 aromatic rings. The highest BCUT2D eigenvalue weighted by Gasteiger charge is 2.44. The van der Waals surface area contributed by atoms with E-state index < -0.39 is 23.6 Å². The van der Waals surface area contributed by atoms with Crippen LogP contribution in [0.3, 0.4) is 0 Å². The molecule has 3 aliphatic heterocycles. The Labute approximate surface area is 412 Å². The van der Waals surface area contributed by atoms with Gasteiger partial charge in [-0.15, -0.1) is 21.5 Å². The van der Waals surface area contributed by atoms with Gasteiger partial charge in [-0.2, -0.15) is 0 Å². The molecule has 370 valence electrons. The molecule has 2 aromatic heterocycles. The minimum Gasteiger partial charge on any atom is -0.507 e. The fourth-order valence-corrected chi connectivity index (χ4v) is 9.91. The van der Waals surface area contributed by atoms with E-state index in [0.717, 1.165) is 53.2 Å². The number of hydrogen-bond donors (Lipinski definition) is 5. The highest BCUT2D eigenvalue weighted by molar-refractivity contribution is 7.13. The van der Waals surface area contributed by atoms with Crippen LogP contribution >= 0.6 is 11.3 Å². The van der Waals surface area contributed by atoms with Crippen molar-refractivity contribution in [3.05, 3.63) is 107 Å². The lowest BCUT2D eigenvalue weighted by Gasteiger charge is -2.42. The molecule has 0 unspecified atom stereocenters. The average molecular weight is 974 g/mol. The van der Waals surface area contributed by atoms with Crippen LogP contribution in [0.1, 0.15) is 73.6 Å². The van der Waals surface area contributed by atoms with Crippen LogP contribution in [0.15, 0.2) is 84.4 Å². The molecule has 0 saturated carbocycles. The van der Waals surface area contributed by atoms with Gasteiger partial charge in [0.15, 0.2) is 11.6 Å². The Morgan fingerprint density at radius 3 is 2.33 bits per heavy atom. The number of aromatic hydroxyl groups is 1. The van der Waals surface area contributed by atoms with E-state index in [-0.39, 0.29) is 73.3 Å². The van der Waals surface area contributed by atoms with Crippen molar-refractivity contribution >= 4 is 40.8 Å². The van der Waals surface area contributed by atoms with E-state index in [1.54, 1.807) is 46.6 Å². The molecule has 8 rings (SSSR count). The van der Waals surface area contributed by atoms with E-state index in [9.17, 15) is 29.4 Å². The van der Waals surface area contributed by atoms with Gasteiger partial charge in [-0.1, -0.05) is 69.3 Å². The second-order valence-corrected chi connectivity index (χ2v) is 20.3. The zero-order valence-corrected chi connectivity index (χ0v) is 41.0. The highest BCUT2D eigenvalue weighted by Crippen LogP contribution is 2.32. The number of likely N-dealkylation sites (tertiary alicyclic amines) is 3. The Morgan fingerprint density at radius 2 is 1.64 bits per heavy atom. The number of thiazole rings is 1. The topological polar surface area (TPSA) is 226 Å². The first-order valence-corrected chi connectivity index (χ1v) is 24.8. The quantitative estimate of drug-likeness (QED) is 0.0830. The van der Waals surface area contributed by atoms with E-state index in [1.807, 2.05) is 81.7 Å². The van der Waals surface area contributed by atoms with Gasteiger partial charge in [-0.25, -0.2) is 4.98 Å². The molecule has 5 heterocycles. The number of nitrogens with two attached hydrogens (primary N) is 1. The Kier molecular flexibility index (Phi) is 15.8. The number of nitrogens with one attached hydrogen (secondary N) is 2. The number of amides is 4. The van der Waals surface area contributed by atoms with Gasteiger partial charge < -0.3 is 50.8 Å². The number of benzene rings is 3. The van der Waals surface area contributed by atoms with Crippen LogP contribution in [0, 0.1) is 12.3 Å². The predicted molar refractivity (Wildman–Crippen MR) is 266 cm³/mol. The number of ether oxygens (including phenoxy) is 2. The number of nitrogen functional groups attached to an aromatic ring is 1. The lowest BCUT2D eigenvalue weighted by Crippen LogP contribution is -2.58. The number of aliphatic hydroxyl groups excluding tert-OH is 1. The third-order valence-electron chi connectivity index (χ3n) is 13.2. The molecule has 18 heteroatoms. The SMILES string of the molecule is Cc1ncsc1-c1ccc(CNC(=O)[C@@H]2C[C@@H](O)CN2C(=O)[C@@H](NC(=O)CCN2CCC(OC3CN(C(=O)c4ccc(CCOc5cc(-c6ccccc6O)nnc5N)cc4)C3)CC2)C(C)(C)C)cc1. The van der Waals surface area contributed by atoms with Gasteiger partial charge >= 0.3 is 0 Å². The van der Waals surface area contributed by atoms with Crippen LogP contribution in [-0.4, -0.2) is 140 Å². The molecular weight excluding hydrogens is 911 g/mol. The Hall–Kier alpha value is -6.47. The summed E-state index contributed by atoms with van der Waals surface area (Å²) in [7, 11) is 0. The summed E-state index contributed by atoms with van der Waals surface area (Å²) >= 11 is 1.58. The second kappa shape index (κ2) is 22.1. The minimum atomic E-state index is -0.897. The van der Waals surface area contributed by atoms with Crippen molar-refractivity contribution in [1.82, 2.24) is 40.5 Å². The smallest absolute Gasteiger partial charge is 0.254 e. The van der Waals surface area contributed by atoms with E-state index >= 15 is 0 Å². The number of aliphatic hydroxyl groups is 1. The van der Waals surface area contributed by atoms with E-state index in [1.165, 1.54) is 4.90 Å². The molecule has 0 bridgehead atoms. The molecule has 70 heavy (non-hydrogen) atoms. The van der Waals surface area contributed by atoms with Gasteiger partial charge in [-0.05, 0) is 66.1 Å². The first-order valence-electron chi connectivity index (χ1n) is 23.9. The highest BCUT2D eigenvalue weighted by atomic mass is 32.1. The lowest BCUT2D eigenvalue weighted by molar-refractivity contribution is -0.144. The number of phenolic OH excluding ortho intramolecular Hbond substituents is 1. The molecule has 3 aromatic carbocycles. The van der Waals surface area contributed by atoms with E-state index in [0.29, 0.717) is 55.2 Å². The molecule has 4 amide bonds. The van der Waals surface area contributed by atoms with Gasteiger partial charge in [-0.3, -0.25) is 19.2 Å². The molecule has 3 aliphatic rings. The number of aryl methyl sites for hydroxylation is 1. The number of nitrogens with zero attached hydrogens (tertiary/aromatic N) is 6. The number of piperidine rings is 1. The molecule has 0 radical (unpaired) electrons. The fraction of sp³-hybridized carbons (Fsp3) is 0.442. The second-order valence-electron chi connectivity index (χ2n) is 19.5. The Bertz CT molecular complexity index is 2630. The number of hydrogen-bond acceptors (Lipinski definition) is 14. The normalized spacial score (nSPS) is 18.3. The summed E-state index contributed by atoms with van der Waals surface area (Å²) in [6.07, 6.45) is 1.69. The standard InChI is InChI=1S/C52H63N9O8S/c1-32-46(70-31-55-32)35-13-11-34(12-14-35)27-54-49(65)42-25-37(62)28-61(42)51(67)47(52(2,3)4)56-45(64)19-23-59-21-17-38(18-22-59)69-39-29-60(30-39)50(66)36-15-9-33(10-16-36)20-24-68-44-26-41(57-58-48(44)53)40-7-5-6-8-43(40)63/h5-16,26,31,37-39,42,47,62-63H,17-25,27-30H2,1-4H3,(H2,53,58)(H,54,65)(H,56,64)/t37-,42+,47-/m1/s1. The maximum Gasteiger partial charge on any atom is 0.254 e. The van der Waals surface area contributed by atoms with Crippen LogP contribution < -0.4 is 21.1 Å². The molecular formula is C52H63N9O8S. The number of β-amino-alcohol motifs (C(OH)–C–C–N with tert-alkyl or cyclic N) is 1. The third-order valence-corrected chi connectivity index (χ3v) is 14.2. The van der Waals surface area contributed by atoms with Crippen LogP contribution in [0.5, 0.6) is 11.5 Å². The number of carbonyl (C=O) groups excluding carboxylic acids is 4. The lowest BCUT2D eigenvalue weighted by atomic mass is 9.85. The first kappa shape index (κ1) is 49.9. The Balaban J connectivity index is 0.726. The number of aromatic nitrogens is 3. The predicted octanol–water partition coefficient (Wildman–Crippen LogP) is 4.99. The van der Waals surface area contributed by atoms with Crippen LogP contribution in [0.25, 0.3) is 21.7 Å². The van der Waals surface area contributed by atoms with Gasteiger partial charge in [0, 0.05) is 82.3 Å². The van der Waals surface area contributed by atoms with Crippen LogP contribution in [0.2, 0.25) is 0 Å². The number of phenols is 1.